The normalized spacial score (nSPS) is 13.7. The van der Waals surface area contributed by atoms with E-state index in [1.165, 1.54) is 60.7 Å². The van der Waals surface area contributed by atoms with Crippen molar-refractivity contribution in [1.82, 2.24) is 5.32 Å². The maximum absolute atomic E-state index is 13.7. The van der Waals surface area contributed by atoms with E-state index >= 15 is 0 Å². The van der Waals surface area contributed by atoms with Crippen molar-refractivity contribution < 1.29 is 40.7 Å². The summed E-state index contributed by atoms with van der Waals surface area (Å²) in [5.74, 6) is -0.734. The van der Waals surface area contributed by atoms with Crippen molar-refractivity contribution in [3.05, 3.63) is 129 Å². The van der Waals surface area contributed by atoms with Crippen LogP contribution < -0.4 is 14.8 Å². The first kappa shape index (κ1) is 31.6. The van der Waals surface area contributed by atoms with Gasteiger partial charge in [-0.3, -0.25) is 10.1 Å². The number of halogens is 6. The summed E-state index contributed by atoms with van der Waals surface area (Å²) in [4.78, 5) is 10.7. The Labute approximate surface area is 254 Å². The second-order valence-corrected chi connectivity index (χ2v) is 10.2. The molecular weight excluding hydrogens is 602 g/mol. The third-order valence-electron chi connectivity index (χ3n) is 7.28. The van der Waals surface area contributed by atoms with Crippen LogP contribution in [0.15, 0.2) is 91.0 Å². The molecule has 4 aromatic carbocycles. The van der Waals surface area contributed by atoms with Crippen LogP contribution in [0.3, 0.4) is 0 Å². The number of non-ortho nitro benzene ring substituents is 1. The quantitative estimate of drug-likeness (QED) is 0.114. The molecule has 0 aromatic heterocycles. The molecule has 4 aromatic rings. The summed E-state index contributed by atoms with van der Waals surface area (Å²) in [6, 6.07) is 18.6. The van der Waals surface area contributed by atoms with Gasteiger partial charge in [0.05, 0.1) is 16.1 Å². The number of alkyl halides is 6. The lowest BCUT2D eigenvalue weighted by molar-refractivity contribution is -0.384. The Morgan fingerprint density at radius 2 is 1.24 bits per heavy atom. The highest BCUT2D eigenvalue weighted by Crippen LogP contribution is 2.39. The largest absolute Gasteiger partial charge is 0.488 e. The molecular formula is C33H26F6N2O4. The first-order chi connectivity index (χ1) is 21.4. The third-order valence-corrected chi connectivity index (χ3v) is 7.28. The summed E-state index contributed by atoms with van der Waals surface area (Å²) in [5.41, 5.74) is 1.43. The second-order valence-electron chi connectivity index (χ2n) is 10.2. The average Bonchev–Trinajstić information content (AvgIpc) is 3.02. The molecule has 0 saturated heterocycles. The first-order valence-corrected chi connectivity index (χ1v) is 13.8. The van der Waals surface area contributed by atoms with Crippen LogP contribution in [0.25, 0.3) is 16.7 Å². The number of nitrogens with zero attached hydrogens (tertiary/aromatic N) is 1. The van der Waals surface area contributed by atoms with Crippen molar-refractivity contribution in [3.63, 3.8) is 0 Å². The number of hydrogen-bond donors (Lipinski definition) is 1. The molecule has 5 rings (SSSR count). The highest BCUT2D eigenvalue weighted by Gasteiger charge is 2.35. The van der Waals surface area contributed by atoms with Crippen LogP contribution in [0, 0.1) is 10.1 Å². The van der Waals surface area contributed by atoms with E-state index in [2.05, 4.69) is 5.32 Å². The fourth-order valence-corrected chi connectivity index (χ4v) is 5.09. The number of nitro benzene ring substituents is 1. The standard InChI is InChI=1S/C33H26F6N2O4/c34-32(35,36)28-5-1-3-7-30(28)44-19-23-18-27(22-13-15-40-16-14-22)24(17-26(23)21-9-11-25(12-10-21)41(42)43)20-45-31-8-4-2-6-29(31)33(37,38)39/h1-13,17-18,40H,14-16,19-20H2. The minimum absolute atomic E-state index is 0.167. The zero-order valence-corrected chi connectivity index (χ0v) is 23.5. The van der Waals surface area contributed by atoms with Crippen molar-refractivity contribution in [2.75, 3.05) is 13.1 Å². The molecule has 234 valence electrons. The van der Waals surface area contributed by atoms with Crippen molar-refractivity contribution in [1.29, 1.82) is 0 Å². The number of benzene rings is 4. The summed E-state index contributed by atoms with van der Waals surface area (Å²) in [7, 11) is 0. The Bertz CT molecular complexity index is 1720. The van der Waals surface area contributed by atoms with Gasteiger partial charge in [-0.25, -0.2) is 0 Å². The molecule has 1 heterocycles. The van der Waals surface area contributed by atoms with Crippen molar-refractivity contribution >= 4 is 11.3 Å². The van der Waals surface area contributed by atoms with E-state index < -0.39 is 28.4 Å². The van der Waals surface area contributed by atoms with E-state index in [-0.39, 0.29) is 30.4 Å². The zero-order valence-electron chi connectivity index (χ0n) is 23.5. The molecule has 1 aliphatic rings. The lowest BCUT2D eigenvalue weighted by atomic mass is 9.89. The van der Waals surface area contributed by atoms with Gasteiger partial charge in [0.25, 0.3) is 5.69 Å². The second kappa shape index (κ2) is 13.0. The fourth-order valence-electron chi connectivity index (χ4n) is 5.09. The SMILES string of the molecule is O=[N+]([O-])c1ccc(-c2cc(COc3ccccc3C(F)(F)F)c(C3=CCNCC3)cc2COc2ccccc2C(F)(F)F)cc1. The van der Waals surface area contributed by atoms with Gasteiger partial charge in [0, 0.05) is 18.7 Å². The summed E-state index contributed by atoms with van der Waals surface area (Å²) in [5, 5.41) is 14.5. The molecule has 12 heteroatoms. The third kappa shape index (κ3) is 7.46. The number of ether oxygens (including phenoxy) is 2. The average molecular weight is 629 g/mol. The fraction of sp³-hybridized carbons (Fsp3) is 0.212. The molecule has 1 N–H and O–H groups in total. The van der Waals surface area contributed by atoms with Gasteiger partial charge in [-0.15, -0.1) is 0 Å². The number of nitrogens with one attached hydrogen (secondary N) is 1. The van der Waals surface area contributed by atoms with Crippen molar-refractivity contribution in [2.24, 2.45) is 0 Å². The highest BCUT2D eigenvalue weighted by atomic mass is 19.4. The maximum atomic E-state index is 13.7. The molecule has 0 radical (unpaired) electrons. The Morgan fingerprint density at radius 1 is 0.733 bits per heavy atom. The van der Waals surface area contributed by atoms with Crippen LogP contribution >= 0.6 is 0 Å². The van der Waals surface area contributed by atoms with Gasteiger partial charge in [0.15, 0.2) is 0 Å². The van der Waals surface area contributed by atoms with Crippen molar-refractivity contribution in [3.8, 4) is 22.6 Å². The lowest BCUT2D eigenvalue weighted by Gasteiger charge is -2.22. The number of para-hydroxylation sites is 2. The van der Waals surface area contributed by atoms with E-state index in [1.54, 1.807) is 12.1 Å². The van der Waals surface area contributed by atoms with Crippen LogP contribution in [-0.4, -0.2) is 18.0 Å². The monoisotopic (exact) mass is 628 g/mol. The predicted octanol–water partition coefficient (Wildman–Crippen LogP) is 8.83. The van der Waals surface area contributed by atoms with E-state index in [0.717, 1.165) is 17.7 Å². The number of hydrogen-bond acceptors (Lipinski definition) is 5. The Kier molecular flexibility index (Phi) is 9.14. The number of nitro groups is 1. The summed E-state index contributed by atoms with van der Waals surface area (Å²) in [6.45, 7) is 0.626. The van der Waals surface area contributed by atoms with E-state index in [1.807, 2.05) is 6.08 Å². The lowest BCUT2D eigenvalue weighted by Crippen LogP contribution is -2.20. The molecule has 0 aliphatic carbocycles. The smallest absolute Gasteiger partial charge is 0.419 e. The summed E-state index contributed by atoms with van der Waals surface area (Å²) in [6.07, 6.45) is -6.78. The molecule has 0 bridgehead atoms. The molecule has 1 aliphatic heterocycles. The molecule has 45 heavy (non-hydrogen) atoms. The van der Waals surface area contributed by atoms with Crippen LogP contribution in [-0.2, 0) is 25.6 Å². The van der Waals surface area contributed by atoms with Gasteiger partial charge in [-0.05, 0) is 94.9 Å². The Morgan fingerprint density at radius 3 is 1.73 bits per heavy atom. The summed E-state index contributed by atoms with van der Waals surface area (Å²) < 4.78 is 93.5. The van der Waals surface area contributed by atoms with Gasteiger partial charge >= 0.3 is 12.4 Å². The minimum Gasteiger partial charge on any atom is -0.488 e. The molecule has 0 saturated carbocycles. The van der Waals surface area contributed by atoms with Crippen molar-refractivity contribution in [2.45, 2.75) is 32.0 Å². The molecule has 0 fully saturated rings. The molecule has 0 spiro atoms. The summed E-state index contributed by atoms with van der Waals surface area (Å²) >= 11 is 0. The van der Waals surface area contributed by atoms with Crippen LogP contribution in [0.4, 0.5) is 32.0 Å². The number of rotatable bonds is 9. The molecule has 6 nitrogen and oxygen atoms in total. The maximum Gasteiger partial charge on any atom is 0.419 e. The Hall–Kier alpha value is -4.84. The minimum atomic E-state index is -4.66. The first-order valence-electron chi connectivity index (χ1n) is 13.8. The van der Waals surface area contributed by atoms with Gasteiger partial charge in [0.1, 0.15) is 24.7 Å². The van der Waals surface area contributed by atoms with Crippen LogP contribution in [0.2, 0.25) is 0 Å². The van der Waals surface area contributed by atoms with Gasteiger partial charge in [-0.2, -0.15) is 26.3 Å². The van der Waals surface area contributed by atoms with E-state index in [4.69, 9.17) is 9.47 Å². The molecule has 0 amide bonds. The topological polar surface area (TPSA) is 73.6 Å². The zero-order chi connectivity index (χ0) is 32.2. The Balaban J connectivity index is 1.61. The van der Waals surface area contributed by atoms with Crippen LogP contribution in [0.5, 0.6) is 11.5 Å². The molecule has 0 unspecified atom stereocenters. The van der Waals surface area contributed by atoms with E-state index in [0.29, 0.717) is 47.3 Å². The predicted molar refractivity (Wildman–Crippen MR) is 156 cm³/mol. The highest BCUT2D eigenvalue weighted by molar-refractivity contribution is 5.77. The van der Waals surface area contributed by atoms with Gasteiger partial charge in [-0.1, -0.05) is 30.3 Å². The molecule has 0 atom stereocenters. The van der Waals surface area contributed by atoms with E-state index in [9.17, 15) is 36.5 Å². The van der Waals surface area contributed by atoms with Gasteiger partial charge in [0.2, 0.25) is 0 Å². The van der Waals surface area contributed by atoms with Gasteiger partial charge < -0.3 is 14.8 Å². The van der Waals surface area contributed by atoms with Crippen LogP contribution in [0.1, 0.15) is 34.2 Å².